The molecule has 0 unspecified atom stereocenters. The van der Waals surface area contributed by atoms with E-state index in [4.69, 9.17) is 23.2 Å². The van der Waals surface area contributed by atoms with Crippen LogP contribution in [0.2, 0.25) is 10.0 Å². The molecule has 0 radical (unpaired) electrons. The molecule has 0 spiro atoms. The molecule has 1 aliphatic heterocycles. The second-order valence-electron chi connectivity index (χ2n) is 9.70. The maximum absolute atomic E-state index is 13.7. The number of carbonyl (C=O) groups is 3. The Morgan fingerprint density at radius 1 is 0.881 bits per heavy atom. The summed E-state index contributed by atoms with van der Waals surface area (Å²) in [7, 11) is -4.01. The van der Waals surface area contributed by atoms with Crippen molar-refractivity contribution in [1.82, 2.24) is 10.0 Å². The van der Waals surface area contributed by atoms with E-state index in [1.54, 1.807) is 31.2 Å². The van der Waals surface area contributed by atoms with Crippen molar-refractivity contribution in [2.45, 2.75) is 31.2 Å². The highest BCUT2D eigenvalue weighted by molar-refractivity contribution is 8.18. The minimum absolute atomic E-state index is 0.00695. The first-order valence-electron chi connectivity index (χ1n) is 12.8. The van der Waals surface area contributed by atoms with Crippen LogP contribution in [-0.4, -0.2) is 25.3 Å². The molecule has 42 heavy (non-hydrogen) atoms. The van der Waals surface area contributed by atoms with Gasteiger partial charge in [0.05, 0.1) is 19.8 Å². The largest absolute Gasteiger partial charge is 0.294 e. The van der Waals surface area contributed by atoms with Gasteiger partial charge in [-0.1, -0.05) is 71.7 Å². The fraction of sp³-hybridized carbons (Fsp3) is 0.129. The summed E-state index contributed by atoms with van der Waals surface area (Å²) >= 11 is 12.7. The number of benzene rings is 4. The number of carbonyl (C=O) groups excluding carboxylic acids is 3. The van der Waals surface area contributed by atoms with Gasteiger partial charge in [-0.15, -0.1) is 0 Å². The Kier molecular flexibility index (Phi) is 8.86. The molecule has 1 saturated heterocycles. The highest BCUT2D eigenvalue weighted by Gasteiger charge is 2.33. The van der Waals surface area contributed by atoms with Gasteiger partial charge in [-0.25, -0.2) is 13.1 Å². The maximum Gasteiger partial charge on any atom is 0.290 e. The first-order chi connectivity index (χ1) is 20.0. The second kappa shape index (κ2) is 12.4. The molecule has 0 bridgehead atoms. The zero-order valence-electron chi connectivity index (χ0n) is 22.2. The average Bonchev–Trinajstić information content (AvgIpc) is 3.30. The third-order valence-electron chi connectivity index (χ3n) is 6.82. The van der Waals surface area contributed by atoms with E-state index in [1.807, 2.05) is 42.5 Å². The van der Waals surface area contributed by atoms with Crippen molar-refractivity contribution in [3.63, 3.8) is 0 Å². The molecule has 2 amide bonds. The van der Waals surface area contributed by atoms with Gasteiger partial charge in [0.15, 0.2) is 5.78 Å². The molecule has 0 aromatic heterocycles. The molecule has 1 fully saturated rings. The van der Waals surface area contributed by atoms with Crippen molar-refractivity contribution in [3.05, 3.63) is 116 Å². The van der Waals surface area contributed by atoms with Gasteiger partial charge in [0.1, 0.15) is 0 Å². The van der Waals surface area contributed by atoms with Crippen LogP contribution in [0.1, 0.15) is 28.7 Å². The van der Waals surface area contributed by atoms with Crippen molar-refractivity contribution < 1.29 is 22.8 Å². The minimum atomic E-state index is -4.01. The molecule has 0 atom stereocenters. The molecule has 1 heterocycles. The van der Waals surface area contributed by atoms with Crippen LogP contribution in [0.3, 0.4) is 0 Å². The average molecular weight is 640 g/mol. The number of imide groups is 1. The van der Waals surface area contributed by atoms with Gasteiger partial charge in [-0.2, -0.15) is 0 Å². The molecular formula is C31H24Cl2N2O5S2. The van der Waals surface area contributed by atoms with Crippen LogP contribution in [0.4, 0.5) is 4.79 Å². The molecule has 11 heteroatoms. The van der Waals surface area contributed by atoms with Crippen LogP contribution >= 0.6 is 35.0 Å². The van der Waals surface area contributed by atoms with Crippen molar-refractivity contribution in [1.29, 1.82) is 0 Å². The van der Waals surface area contributed by atoms with Crippen LogP contribution in [0, 0.1) is 6.92 Å². The number of aryl methyl sites for hydroxylation is 2. The Morgan fingerprint density at radius 2 is 1.62 bits per heavy atom. The van der Waals surface area contributed by atoms with Gasteiger partial charge in [0, 0.05) is 18.5 Å². The number of thioether (sulfide) groups is 1. The van der Waals surface area contributed by atoms with E-state index in [1.165, 1.54) is 12.1 Å². The normalized spacial score (nSPS) is 14.7. The molecule has 5 rings (SSSR count). The number of sulfonamides is 1. The number of nitrogens with one attached hydrogen (secondary N) is 2. The van der Waals surface area contributed by atoms with E-state index >= 15 is 0 Å². The third-order valence-corrected chi connectivity index (χ3v) is 9.84. The van der Waals surface area contributed by atoms with Crippen LogP contribution in [-0.2, 0) is 32.6 Å². The van der Waals surface area contributed by atoms with Gasteiger partial charge in [-0.05, 0) is 88.5 Å². The predicted octanol–water partition coefficient (Wildman–Crippen LogP) is 6.83. The van der Waals surface area contributed by atoms with Gasteiger partial charge in [-0.3, -0.25) is 19.7 Å². The zero-order valence-corrected chi connectivity index (χ0v) is 25.4. The lowest BCUT2D eigenvalue weighted by atomic mass is 9.93. The van der Waals surface area contributed by atoms with Crippen molar-refractivity contribution in [2.75, 3.05) is 0 Å². The molecule has 7 nitrogen and oxygen atoms in total. The maximum atomic E-state index is 13.7. The number of hydrogen-bond donors (Lipinski definition) is 2. The standard InChI is InChI=1S/C31H24Cl2N2O5S2/c1-18-6-11-23(42(39,40)34-17-20-7-10-21-4-2-3-5-22(21)14-20)16-24(18)28(29-30(37)35-31(38)41-29)27(36)13-9-19-8-12-25(32)26(33)15-19/h2-8,10-12,14-16,34H,9,13,17H2,1H3,(H,35,37,38)/b29-28-. The van der Waals surface area contributed by atoms with Crippen LogP contribution in [0.25, 0.3) is 16.3 Å². The molecule has 4 aromatic rings. The molecule has 0 saturated carbocycles. The first kappa shape index (κ1) is 30.0. The Morgan fingerprint density at radius 3 is 2.33 bits per heavy atom. The number of allylic oxidation sites excluding steroid dienone is 1. The minimum Gasteiger partial charge on any atom is -0.294 e. The van der Waals surface area contributed by atoms with E-state index in [-0.39, 0.29) is 40.3 Å². The number of amides is 2. The quantitative estimate of drug-likeness (QED) is 0.195. The molecule has 0 aliphatic carbocycles. The first-order valence-corrected chi connectivity index (χ1v) is 15.9. The second-order valence-corrected chi connectivity index (χ2v) is 13.3. The zero-order chi connectivity index (χ0) is 30.0. The number of halogens is 2. The molecule has 214 valence electrons. The summed E-state index contributed by atoms with van der Waals surface area (Å²) in [5.74, 6) is -1.12. The topological polar surface area (TPSA) is 109 Å². The van der Waals surface area contributed by atoms with E-state index in [0.717, 1.165) is 21.9 Å². The van der Waals surface area contributed by atoms with Crippen LogP contribution in [0.15, 0.2) is 88.7 Å². The van der Waals surface area contributed by atoms with E-state index < -0.39 is 27.0 Å². The summed E-state index contributed by atoms with van der Waals surface area (Å²) in [6, 6.07) is 22.9. The SMILES string of the molecule is Cc1ccc(S(=O)(=O)NCc2ccc3ccccc3c2)cc1/C(C(=O)CCc1ccc(Cl)c(Cl)c1)=C1/SC(=O)NC1=O. The Bertz CT molecular complexity index is 1900. The van der Waals surface area contributed by atoms with Crippen molar-refractivity contribution in [2.24, 2.45) is 0 Å². The van der Waals surface area contributed by atoms with Gasteiger partial charge >= 0.3 is 0 Å². The summed E-state index contributed by atoms with van der Waals surface area (Å²) in [4.78, 5) is 38.2. The third kappa shape index (κ3) is 6.61. The number of fused-ring (bicyclic) bond motifs is 1. The van der Waals surface area contributed by atoms with Crippen molar-refractivity contribution in [3.8, 4) is 0 Å². The Hall–Kier alpha value is -3.47. The van der Waals surface area contributed by atoms with Gasteiger partial charge in [0.2, 0.25) is 10.0 Å². The number of Topliss-reactive ketones (excluding diaryl/α,β-unsaturated/α-hetero) is 1. The lowest BCUT2D eigenvalue weighted by Gasteiger charge is -2.15. The van der Waals surface area contributed by atoms with Gasteiger partial charge in [0.25, 0.3) is 11.1 Å². The summed E-state index contributed by atoms with van der Waals surface area (Å²) in [6.45, 7) is 1.76. The molecule has 2 N–H and O–H groups in total. The summed E-state index contributed by atoms with van der Waals surface area (Å²) < 4.78 is 29.3. The monoisotopic (exact) mass is 638 g/mol. The fourth-order valence-corrected chi connectivity index (χ4v) is 6.77. The number of hydrogen-bond acceptors (Lipinski definition) is 6. The predicted molar refractivity (Wildman–Crippen MR) is 167 cm³/mol. The Labute approximate surface area is 257 Å². The van der Waals surface area contributed by atoms with Crippen molar-refractivity contribution >= 4 is 78.3 Å². The number of ketones is 1. The summed E-state index contributed by atoms with van der Waals surface area (Å²) in [6.07, 6.45) is 0.270. The van der Waals surface area contributed by atoms with E-state index in [0.29, 0.717) is 27.4 Å². The molecular weight excluding hydrogens is 615 g/mol. The lowest BCUT2D eigenvalue weighted by Crippen LogP contribution is -2.23. The van der Waals surface area contributed by atoms with E-state index in [9.17, 15) is 22.8 Å². The lowest BCUT2D eigenvalue weighted by molar-refractivity contribution is -0.116. The molecule has 1 aliphatic rings. The highest BCUT2D eigenvalue weighted by Crippen LogP contribution is 2.36. The smallest absolute Gasteiger partial charge is 0.290 e. The summed E-state index contributed by atoms with van der Waals surface area (Å²) in [5, 5.41) is 4.35. The Balaban J connectivity index is 1.45. The van der Waals surface area contributed by atoms with E-state index in [2.05, 4.69) is 10.0 Å². The molecule has 4 aromatic carbocycles. The number of rotatable bonds is 9. The fourth-order valence-electron chi connectivity index (χ4n) is 4.60. The van der Waals surface area contributed by atoms with Crippen LogP contribution in [0.5, 0.6) is 0 Å². The highest BCUT2D eigenvalue weighted by atomic mass is 35.5. The summed E-state index contributed by atoms with van der Waals surface area (Å²) in [5.41, 5.74) is 2.36. The van der Waals surface area contributed by atoms with Crippen LogP contribution < -0.4 is 10.0 Å². The van der Waals surface area contributed by atoms with Gasteiger partial charge < -0.3 is 0 Å².